The molecule has 0 unspecified atom stereocenters. The van der Waals surface area contributed by atoms with Crippen LogP contribution in [-0.4, -0.2) is 33.2 Å². The number of amides is 1. The maximum absolute atomic E-state index is 11.7. The van der Waals surface area contributed by atoms with Gasteiger partial charge in [0.2, 0.25) is 5.91 Å². The summed E-state index contributed by atoms with van der Waals surface area (Å²) in [6.07, 6.45) is 1.56. The maximum atomic E-state index is 11.7. The first-order chi connectivity index (χ1) is 9.60. The summed E-state index contributed by atoms with van der Waals surface area (Å²) >= 11 is 1.38. The number of fused-ring (bicyclic) bond motifs is 1. The second-order valence-corrected chi connectivity index (χ2v) is 4.79. The third-order valence-electron chi connectivity index (χ3n) is 2.59. The molecule has 1 aromatic heterocycles. The highest BCUT2D eigenvalue weighted by atomic mass is 32.2. The first-order valence-corrected chi connectivity index (χ1v) is 7.15. The molecule has 1 amide bonds. The lowest BCUT2D eigenvalue weighted by molar-refractivity contribution is -0.138. The number of thioether (sulfide) groups is 1. The van der Waals surface area contributed by atoms with Crippen molar-refractivity contribution in [2.75, 3.05) is 11.6 Å². The highest BCUT2D eigenvalue weighted by Gasteiger charge is 2.11. The van der Waals surface area contributed by atoms with Gasteiger partial charge in [0, 0.05) is 11.8 Å². The summed E-state index contributed by atoms with van der Waals surface area (Å²) in [7, 11) is 0. The van der Waals surface area contributed by atoms with E-state index in [9.17, 15) is 9.59 Å². The maximum Gasteiger partial charge on any atom is 0.303 e. The molecule has 0 fully saturated rings. The van der Waals surface area contributed by atoms with Crippen LogP contribution in [0.5, 0.6) is 0 Å². The summed E-state index contributed by atoms with van der Waals surface area (Å²) in [4.78, 5) is 30.8. The van der Waals surface area contributed by atoms with Crippen molar-refractivity contribution in [1.82, 2.24) is 9.97 Å². The second-order valence-electron chi connectivity index (χ2n) is 4.02. The lowest BCUT2D eigenvalue weighted by atomic mass is 10.2. The fourth-order valence-electron chi connectivity index (χ4n) is 1.66. The van der Waals surface area contributed by atoms with E-state index in [1.54, 1.807) is 0 Å². The standard InChI is InChI=1S/C13H13N3O3S/c1-20-13-14-9-5-3-2-4-8(9)12(16-13)15-10(17)6-7-11(18)19/h2-5H,6-7H2,1H3,(H,18,19)(H,14,15,16,17). The fourth-order valence-corrected chi connectivity index (χ4v) is 2.03. The Labute approximate surface area is 119 Å². The van der Waals surface area contributed by atoms with Gasteiger partial charge in [-0.2, -0.15) is 0 Å². The minimum absolute atomic E-state index is 0.0811. The molecule has 0 aliphatic rings. The summed E-state index contributed by atoms with van der Waals surface area (Å²) in [5, 5.41) is 12.5. The Balaban J connectivity index is 2.28. The van der Waals surface area contributed by atoms with Gasteiger partial charge in [-0.1, -0.05) is 23.9 Å². The van der Waals surface area contributed by atoms with E-state index in [0.29, 0.717) is 11.0 Å². The number of carbonyl (C=O) groups excluding carboxylic acids is 1. The molecule has 0 aliphatic carbocycles. The Morgan fingerprint density at radius 1 is 1.25 bits per heavy atom. The van der Waals surface area contributed by atoms with E-state index < -0.39 is 5.97 Å². The molecule has 0 saturated heterocycles. The number of carboxylic acids is 1. The van der Waals surface area contributed by atoms with Crippen LogP contribution in [0.3, 0.4) is 0 Å². The van der Waals surface area contributed by atoms with Crippen LogP contribution in [0.15, 0.2) is 29.4 Å². The third kappa shape index (κ3) is 3.45. The smallest absolute Gasteiger partial charge is 0.303 e. The summed E-state index contributed by atoms with van der Waals surface area (Å²) < 4.78 is 0. The third-order valence-corrected chi connectivity index (χ3v) is 3.14. The van der Waals surface area contributed by atoms with E-state index in [-0.39, 0.29) is 18.7 Å². The molecular formula is C13H13N3O3S. The molecule has 0 atom stereocenters. The minimum atomic E-state index is -1.00. The van der Waals surface area contributed by atoms with Gasteiger partial charge in [0.25, 0.3) is 0 Å². The van der Waals surface area contributed by atoms with Gasteiger partial charge < -0.3 is 10.4 Å². The molecular weight excluding hydrogens is 278 g/mol. The largest absolute Gasteiger partial charge is 0.481 e. The van der Waals surface area contributed by atoms with Crippen molar-refractivity contribution in [3.63, 3.8) is 0 Å². The molecule has 1 heterocycles. The van der Waals surface area contributed by atoms with Crippen molar-refractivity contribution < 1.29 is 14.7 Å². The van der Waals surface area contributed by atoms with Crippen LogP contribution in [0.1, 0.15) is 12.8 Å². The van der Waals surface area contributed by atoms with Crippen LogP contribution in [0.4, 0.5) is 5.82 Å². The average molecular weight is 291 g/mol. The van der Waals surface area contributed by atoms with Crippen LogP contribution in [-0.2, 0) is 9.59 Å². The lowest BCUT2D eigenvalue weighted by Crippen LogP contribution is -2.15. The van der Waals surface area contributed by atoms with Crippen molar-refractivity contribution in [2.24, 2.45) is 0 Å². The van der Waals surface area contributed by atoms with Crippen molar-refractivity contribution in [3.05, 3.63) is 24.3 Å². The van der Waals surface area contributed by atoms with E-state index in [1.807, 2.05) is 30.5 Å². The molecule has 0 bridgehead atoms. The number of carboxylic acid groups (broad SMARTS) is 1. The Hall–Kier alpha value is -2.15. The van der Waals surface area contributed by atoms with Gasteiger partial charge in [0.05, 0.1) is 11.9 Å². The predicted molar refractivity (Wildman–Crippen MR) is 76.8 cm³/mol. The zero-order valence-corrected chi connectivity index (χ0v) is 11.6. The molecule has 0 aliphatic heterocycles. The van der Waals surface area contributed by atoms with Crippen LogP contribution in [0, 0.1) is 0 Å². The van der Waals surface area contributed by atoms with Crippen LogP contribution in [0.2, 0.25) is 0 Å². The molecule has 1 aromatic carbocycles. The Morgan fingerprint density at radius 2 is 2.00 bits per heavy atom. The van der Waals surface area contributed by atoms with Gasteiger partial charge in [-0.3, -0.25) is 9.59 Å². The van der Waals surface area contributed by atoms with Crippen molar-refractivity contribution in [1.29, 1.82) is 0 Å². The summed E-state index contributed by atoms with van der Waals surface area (Å²) in [6, 6.07) is 7.34. The van der Waals surface area contributed by atoms with Crippen LogP contribution < -0.4 is 5.32 Å². The quantitative estimate of drug-likeness (QED) is 0.648. The van der Waals surface area contributed by atoms with E-state index in [1.165, 1.54) is 11.8 Å². The van der Waals surface area contributed by atoms with Crippen molar-refractivity contribution in [3.8, 4) is 0 Å². The molecule has 0 spiro atoms. The number of aliphatic carboxylic acids is 1. The zero-order chi connectivity index (χ0) is 14.5. The highest BCUT2D eigenvalue weighted by molar-refractivity contribution is 7.98. The predicted octanol–water partition coefficient (Wildman–Crippen LogP) is 2.16. The monoisotopic (exact) mass is 291 g/mol. The molecule has 0 radical (unpaired) electrons. The first kappa shape index (κ1) is 14.3. The van der Waals surface area contributed by atoms with Gasteiger partial charge in [-0.05, 0) is 18.4 Å². The number of benzene rings is 1. The van der Waals surface area contributed by atoms with Gasteiger partial charge in [-0.25, -0.2) is 9.97 Å². The highest BCUT2D eigenvalue weighted by Crippen LogP contribution is 2.23. The van der Waals surface area contributed by atoms with Crippen LogP contribution in [0.25, 0.3) is 10.9 Å². The number of rotatable bonds is 5. The van der Waals surface area contributed by atoms with Gasteiger partial charge in [0.1, 0.15) is 5.82 Å². The van der Waals surface area contributed by atoms with Crippen LogP contribution >= 0.6 is 11.8 Å². The molecule has 0 saturated carbocycles. The Morgan fingerprint density at radius 3 is 2.70 bits per heavy atom. The number of carbonyl (C=O) groups is 2. The minimum Gasteiger partial charge on any atom is -0.481 e. The van der Waals surface area contributed by atoms with E-state index >= 15 is 0 Å². The van der Waals surface area contributed by atoms with Crippen molar-refractivity contribution >= 4 is 40.4 Å². The first-order valence-electron chi connectivity index (χ1n) is 5.92. The van der Waals surface area contributed by atoms with Gasteiger partial charge >= 0.3 is 5.97 Å². The fraction of sp³-hybridized carbons (Fsp3) is 0.231. The van der Waals surface area contributed by atoms with Gasteiger partial charge in [-0.15, -0.1) is 0 Å². The summed E-state index contributed by atoms with van der Waals surface area (Å²) in [6.45, 7) is 0. The number of nitrogens with zero attached hydrogens (tertiary/aromatic N) is 2. The Bertz CT molecular complexity index is 660. The topological polar surface area (TPSA) is 92.2 Å². The molecule has 20 heavy (non-hydrogen) atoms. The molecule has 7 heteroatoms. The molecule has 104 valence electrons. The lowest BCUT2D eigenvalue weighted by Gasteiger charge is -2.08. The van der Waals surface area contributed by atoms with E-state index in [0.717, 1.165) is 10.9 Å². The Kier molecular flexibility index (Phi) is 4.52. The normalized spacial score (nSPS) is 10.4. The van der Waals surface area contributed by atoms with Gasteiger partial charge in [0.15, 0.2) is 5.16 Å². The summed E-state index contributed by atoms with van der Waals surface area (Å²) in [5.74, 6) is -0.962. The summed E-state index contributed by atoms with van der Waals surface area (Å²) in [5.41, 5.74) is 0.736. The molecule has 2 rings (SSSR count). The zero-order valence-electron chi connectivity index (χ0n) is 10.8. The average Bonchev–Trinajstić information content (AvgIpc) is 2.45. The van der Waals surface area contributed by atoms with E-state index in [2.05, 4.69) is 15.3 Å². The molecule has 2 aromatic rings. The van der Waals surface area contributed by atoms with E-state index in [4.69, 9.17) is 5.11 Å². The number of anilines is 1. The number of hydrogen-bond donors (Lipinski definition) is 2. The number of nitrogens with one attached hydrogen (secondary N) is 1. The molecule has 2 N–H and O–H groups in total. The SMILES string of the molecule is CSc1nc(NC(=O)CCC(=O)O)c2ccccc2n1. The molecule has 6 nitrogen and oxygen atoms in total. The second kappa shape index (κ2) is 6.33. The van der Waals surface area contributed by atoms with Crippen molar-refractivity contribution in [2.45, 2.75) is 18.0 Å². The number of para-hydroxylation sites is 1. The number of aromatic nitrogens is 2. The number of hydrogen-bond acceptors (Lipinski definition) is 5.